The number of hydrogen-bond acceptors (Lipinski definition) is 5. The van der Waals surface area contributed by atoms with Crippen LogP contribution in [0.4, 0.5) is 4.39 Å². The van der Waals surface area contributed by atoms with Gasteiger partial charge in [0.05, 0.1) is 4.88 Å². The van der Waals surface area contributed by atoms with Crippen molar-refractivity contribution < 1.29 is 13.8 Å². The average molecular weight is 248 g/mol. The summed E-state index contributed by atoms with van der Waals surface area (Å²) in [6.07, 6.45) is 0.765. The Hall–Kier alpha value is -2.08. The number of fused-ring (bicyclic) bond motifs is 1. The summed E-state index contributed by atoms with van der Waals surface area (Å²) < 4.78 is 18.1. The van der Waals surface area contributed by atoms with Crippen molar-refractivity contribution in [2.75, 3.05) is 0 Å². The Morgan fingerprint density at radius 3 is 2.94 bits per heavy atom. The maximum absolute atomic E-state index is 13.6. The topological polar surface area (TPSA) is 56.0 Å². The lowest BCUT2D eigenvalue weighted by Crippen LogP contribution is -1.81. The number of halogens is 1. The Morgan fingerprint density at radius 1 is 1.29 bits per heavy atom. The lowest BCUT2D eigenvalue weighted by Gasteiger charge is -1.96. The van der Waals surface area contributed by atoms with E-state index in [9.17, 15) is 9.18 Å². The summed E-state index contributed by atoms with van der Waals surface area (Å²) in [4.78, 5) is 12.0. The van der Waals surface area contributed by atoms with E-state index >= 15 is 0 Å². The van der Waals surface area contributed by atoms with Crippen LogP contribution in [0.5, 0.6) is 0 Å². The number of benzene rings is 1. The molecule has 4 nitrogen and oxygen atoms in total. The predicted molar refractivity (Wildman–Crippen MR) is 60.5 cm³/mol. The SMILES string of the molecule is O=Cc1ccc(-c2cc(F)c3nonc3c2)s1. The highest BCUT2D eigenvalue weighted by atomic mass is 32.1. The molecule has 0 aliphatic rings. The number of aromatic nitrogens is 2. The molecule has 1 aromatic carbocycles. The number of carbonyl (C=O) groups excluding carboxylic acids is 1. The normalized spacial score (nSPS) is 10.9. The van der Waals surface area contributed by atoms with Crippen LogP contribution >= 0.6 is 11.3 Å². The fourth-order valence-electron chi connectivity index (χ4n) is 1.56. The van der Waals surface area contributed by atoms with Crippen LogP contribution in [0.3, 0.4) is 0 Å². The van der Waals surface area contributed by atoms with Crippen LogP contribution in [0.25, 0.3) is 21.5 Å². The second-order valence-corrected chi connectivity index (χ2v) is 4.53. The number of rotatable bonds is 2. The highest BCUT2D eigenvalue weighted by Gasteiger charge is 2.11. The summed E-state index contributed by atoms with van der Waals surface area (Å²) in [7, 11) is 0. The Bertz CT molecular complexity index is 704. The molecule has 0 radical (unpaired) electrons. The Labute approximate surface area is 98.6 Å². The molecule has 6 heteroatoms. The van der Waals surface area contributed by atoms with Gasteiger partial charge in [-0.3, -0.25) is 4.79 Å². The van der Waals surface area contributed by atoms with Crippen molar-refractivity contribution >= 4 is 28.7 Å². The quantitative estimate of drug-likeness (QED) is 0.654. The average Bonchev–Trinajstić information content (AvgIpc) is 2.97. The molecule has 0 saturated heterocycles. The summed E-state index contributed by atoms with van der Waals surface area (Å²) in [5.41, 5.74) is 1.13. The van der Waals surface area contributed by atoms with Crippen LogP contribution in [0, 0.1) is 5.82 Å². The van der Waals surface area contributed by atoms with Crippen molar-refractivity contribution in [3.8, 4) is 10.4 Å². The molecule has 0 fully saturated rings. The van der Waals surface area contributed by atoms with Crippen LogP contribution in [0.1, 0.15) is 9.67 Å². The van der Waals surface area contributed by atoms with Gasteiger partial charge in [0.25, 0.3) is 0 Å². The third-order valence-corrected chi connectivity index (χ3v) is 3.40. The number of aldehydes is 1. The maximum Gasteiger partial charge on any atom is 0.170 e. The number of carbonyl (C=O) groups is 1. The molecule has 0 aliphatic carbocycles. The van der Waals surface area contributed by atoms with E-state index in [4.69, 9.17) is 0 Å². The van der Waals surface area contributed by atoms with Gasteiger partial charge in [-0.1, -0.05) is 0 Å². The van der Waals surface area contributed by atoms with Gasteiger partial charge in [-0.2, -0.15) is 0 Å². The molecular formula is C11H5FN2O2S. The standard InChI is InChI=1S/C11H5FN2O2S/c12-8-3-6(4-9-11(8)14-16-13-9)10-2-1-7(5-15)17-10/h1-5H. The van der Waals surface area contributed by atoms with Crippen molar-refractivity contribution in [3.63, 3.8) is 0 Å². The van der Waals surface area contributed by atoms with E-state index in [0.29, 0.717) is 16.0 Å². The highest BCUT2D eigenvalue weighted by Crippen LogP contribution is 2.30. The maximum atomic E-state index is 13.6. The number of thiophene rings is 1. The summed E-state index contributed by atoms with van der Waals surface area (Å²) in [5.74, 6) is -0.486. The van der Waals surface area contributed by atoms with E-state index in [1.165, 1.54) is 17.4 Å². The van der Waals surface area contributed by atoms with Gasteiger partial charge in [-0.05, 0) is 40.1 Å². The highest BCUT2D eigenvalue weighted by molar-refractivity contribution is 7.17. The monoisotopic (exact) mass is 248 g/mol. The second-order valence-electron chi connectivity index (χ2n) is 3.41. The van der Waals surface area contributed by atoms with Gasteiger partial charge in [-0.25, -0.2) is 9.02 Å². The van der Waals surface area contributed by atoms with Crippen LogP contribution in [0.15, 0.2) is 28.9 Å². The number of hydrogen-bond donors (Lipinski definition) is 0. The minimum atomic E-state index is -0.486. The molecule has 0 bridgehead atoms. The zero-order valence-corrected chi connectivity index (χ0v) is 9.20. The Balaban J connectivity index is 2.19. The summed E-state index contributed by atoms with van der Waals surface area (Å²) in [6, 6.07) is 6.49. The fraction of sp³-hybridized carbons (Fsp3) is 0. The van der Waals surface area contributed by atoms with E-state index in [1.807, 2.05) is 0 Å². The first-order valence-corrected chi connectivity index (χ1v) is 5.57. The van der Waals surface area contributed by atoms with Crippen molar-refractivity contribution in [2.24, 2.45) is 0 Å². The summed E-state index contributed by atoms with van der Waals surface area (Å²) >= 11 is 1.29. The second kappa shape index (κ2) is 3.74. The fourth-order valence-corrected chi connectivity index (χ4v) is 2.37. The third-order valence-electron chi connectivity index (χ3n) is 2.34. The lowest BCUT2D eigenvalue weighted by molar-refractivity contribution is 0.112. The van der Waals surface area contributed by atoms with E-state index in [-0.39, 0.29) is 5.52 Å². The van der Waals surface area contributed by atoms with Crippen LogP contribution in [-0.2, 0) is 0 Å². The van der Waals surface area contributed by atoms with Gasteiger partial charge in [0.15, 0.2) is 17.6 Å². The van der Waals surface area contributed by atoms with Gasteiger partial charge in [0.1, 0.15) is 5.52 Å². The molecule has 0 atom stereocenters. The largest absolute Gasteiger partial charge is 0.297 e. The van der Waals surface area contributed by atoms with Crippen molar-refractivity contribution in [1.29, 1.82) is 0 Å². The van der Waals surface area contributed by atoms with Crippen molar-refractivity contribution in [3.05, 3.63) is 35.0 Å². The molecule has 0 unspecified atom stereocenters. The molecule has 0 aliphatic heterocycles. The van der Waals surface area contributed by atoms with Crippen LogP contribution < -0.4 is 0 Å². The lowest BCUT2D eigenvalue weighted by atomic mass is 10.1. The zero-order valence-electron chi connectivity index (χ0n) is 8.38. The minimum Gasteiger partial charge on any atom is -0.297 e. The first kappa shape index (κ1) is 10.1. The molecule has 2 aromatic heterocycles. The van der Waals surface area contributed by atoms with E-state index in [0.717, 1.165) is 11.2 Å². The molecule has 0 amide bonds. The molecular weight excluding hydrogens is 243 g/mol. The molecule has 17 heavy (non-hydrogen) atoms. The van der Waals surface area contributed by atoms with Gasteiger partial charge in [0.2, 0.25) is 0 Å². The summed E-state index contributed by atoms with van der Waals surface area (Å²) in [5, 5.41) is 7.06. The smallest absolute Gasteiger partial charge is 0.170 e. The molecule has 0 saturated carbocycles. The van der Waals surface area contributed by atoms with E-state index in [2.05, 4.69) is 14.9 Å². The van der Waals surface area contributed by atoms with E-state index < -0.39 is 5.82 Å². The van der Waals surface area contributed by atoms with Crippen LogP contribution in [0.2, 0.25) is 0 Å². The van der Waals surface area contributed by atoms with E-state index in [1.54, 1.807) is 18.2 Å². The van der Waals surface area contributed by atoms with Crippen molar-refractivity contribution in [1.82, 2.24) is 10.3 Å². The molecule has 2 heterocycles. The predicted octanol–water partition coefficient (Wildman–Crippen LogP) is 2.90. The number of nitrogens with zero attached hydrogens (tertiary/aromatic N) is 2. The van der Waals surface area contributed by atoms with Gasteiger partial charge in [-0.15, -0.1) is 11.3 Å². The molecule has 84 valence electrons. The first-order chi connectivity index (χ1) is 8.28. The van der Waals surface area contributed by atoms with Crippen molar-refractivity contribution in [2.45, 2.75) is 0 Å². The van der Waals surface area contributed by atoms with Crippen LogP contribution in [-0.4, -0.2) is 16.6 Å². The summed E-state index contributed by atoms with van der Waals surface area (Å²) in [6.45, 7) is 0. The zero-order chi connectivity index (χ0) is 11.8. The first-order valence-electron chi connectivity index (χ1n) is 4.75. The van der Waals surface area contributed by atoms with Gasteiger partial charge in [0, 0.05) is 4.88 Å². The Kier molecular flexibility index (Phi) is 2.22. The Morgan fingerprint density at radius 2 is 2.18 bits per heavy atom. The van der Waals surface area contributed by atoms with Gasteiger partial charge >= 0.3 is 0 Å². The third kappa shape index (κ3) is 1.62. The minimum absolute atomic E-state index is 0.112. The molecule has 3 rings (SSSR count). The molecule has 0 spiro atoms. The molecule has 0 N–H and O–H groups in total. The molecule has 3 aromatic rings. The van der Waals surface area contributed by atoms with Gasteiger partial charge < -0.3 is 0 Å².